The van der Waals surface area contributed by atoms with Crippen LogP contribution < -0.4 is 5.32 Å². The first kappa shape index (κ1) is 20.3. The molecule has 0 aromatic carbocycles. The molecule has 0 radical (unpaired) electrons. The van der Waals surface area contributed by atoms with Gasteiger partial charge in [-0.25, -0.2) is 4.98 Å². The number of amides is 2. The minimum Gasteiger partial charge on any atom is -0.342 e. The number of likely N-dealkylation sites (tertiary alicyclic amines) is 2. The number of hydrogen-bond donors (Lipinski definition) is 1. The number of thiazole rings is 1. The Morgan fingerprint density at radius 1 is 1.26 bits per heavy atom. The number of anilines is 1. The molecule has 1 atom stereocenters. The SMILES string of the molecule is CCCC(=O)N1CCCC(C(=O)Nc2nc(CN3CCC(C)CC3)cs2)C1. The Hall–Kier alpha value is -1.47. The summed E-state index contributed by atoms with van der Waals surface area (Å²) in [5.41, 5.74) is 1.04. The van der Waals surface area contributed by atoms with Crippen molar-refractivity contribution in [2.24, 2.45) is 11.8 Å². The second-order valence-electron chi connectivity index (χ2n) is 8.02. The largest absolute Gasteiger partial charge is 0.342 e. The van der Waals surface area contributed by atoms with E-state index in [1.807, 2.05) is 17.2 Å². The van der Waals surface area contributed by atoms with Gasteiger partial charge in [-0.15, -0.1) is 11.3 Å². The van der Waals surface area contributed by atoms with Crippen molar-refractivity contribution in [2.75, 3.05) is 31.5 Å². The van der Waals surface area contributed by atoms with Gasteiger partial charge in [-0.05, 0) is 51.1 Å². The Morgan fingerprint density at radius 3 is 2.78 bits per heavy atom. The lowest BCUT2D eigenvalue weighted by molar-refractivity contribution is -0.134. The molecule has 1 aromatic heterocycles. The van der Waals surface area contributed by atoms with Crippen LogP contribution in [0.4, 0.5) is 5.13 Å². The van der Waals surface area contributed by atoms with Gasteiger partial charge in [-0.3, -0.25) is 14.5 Å². The van der Waals surface area contributed by atoms with E-state index in [1.54, 1.807) is 0 Å². The molecule has 1 aromatic rings. The van der Waals surface area contributed by atoms with E-state index in [0.717, 1.165) is 57.1 Å². The second-order valence-corrected chi connectivity index (χ2v) is 8.88. The molecule has 0 spiro atoms. The molecule has 1 unspecified atom stereocenters. The van der Waals surface area contributed by atoms with Crippen LogP contribution >= 0.6 is 11.3 Å². The van der Waals surface area contributed by atoms with Crippen LogP contribution in [0.25, 0.3) is 0 Å². The third-order valence-electron chi connectivity index (χ3n) is 5.65. The van der Waals surface area contributed by atoms with Crippen LogP contribution in [0.2, 0.25) is 0 Å². The molecule has 2 amide bonds. The summed E-state index contributed by atoms with van der Waals surface area (Å²) in [6.45, 7) is 8.76. The van der Waals surface area contributed by atoms with E-state index in [9.17, 15) is 9.59 Å². The average Bonchev–Trinajstić information content (AvgIpc) is 3.10. The Morgan fingerprint density at radius 2 is 2.04 bits per heavy atom. The maximum atomic E-state index is 12.6. The zero-order chi connectivity index (χ0) is 19.2. The van der Waals surface area contributed by atoms with E-state index >= 15 is 0 Å². The summed E-state index contributed by atoms with van der Waals surface area (Å²) in [5, 5.41) is 5.71. The van der Waals surface area contributed by atoms with Gasteiger partial charge >= 0.3 is 0 Å². The highest BCUT2D eigenvalue weighted by molar-refractivity contribution is 7.13. The van der Waals surface area contributed by atoms with Gasteiger partial charge in [0.1, 0.15) is 0 Å². The fourth-order valence-corrected chi connectivity index (χ4v) is 4.59. The smallest absolute Gasteiger partial charge is 0.231 e. The maximum absolute atomic E-state index is 12.6. The molecule has 1 N–H and O–H groups in total. The summed E-state index contributed by atoms with van der Waals surface area (Å²) in [6, 6.07) is 0. The van der Waals surface area contributed by atoms with Crippen LogP contribution in [-0.4, -0.2) is 52.8 Å². The van der Waals surface area contributed by atoms with Crippen LogP contribution in [-0.2, 0) is 16.1 Å². The molecule has 3 rings (SSSR count). The van der Waals surface area contributed by atoms with Crippen molar-refractivity contribution in [3.63, 3.8) is 0 Å². The molecule has 6 nitrogen and oxygen atoms in total. The van der Waals surface area contributed by atoms with E-state index in [-0.39, 0.29) is 17.7 Å². The van der Waals surface area contributed by atoms with Gasteiger partial charge in [0, 0.05) is 31.4 Å². The van der Waals surface area contributed by atoms with Crippen molar-refractivity contribution >= 4 is 28.3 Å². The average molecular weight is 393 g/mol. The van der Waals surface area contributed by atoms with Crippen LogP contribution in [0.3, 0.4) is 0 Å². The van der Waals surface area contributed by atoms with Gasteiger partial charge in [0.05, 0.1) is 11.6 Å². The highest BCUT2D eigenvalue weighted by Gasteiger charge is 2.28. The van der Waals surface area contributed by atoms with Gasteiger partial charge in [0.2, 0.25) is 11.8 Å². The molecule has 3 heterocycles. The molecule has 0 bridgehead atoms. The Balaban J connectivity index is 1.49. The maximum Gasteiger partial charge on any atom is 0.231 e. The zero-order valence-electron chi connectivity index (χ0n) is 16.6. The molecule has 2 aliphatic rings. The van der Waals surface area contributed by atoms with Crippen molar-refractivity contribution in [3.05, 3.63) is 11.1 Å². The van der Waals surface area contributed by atoms with Crippen LogP contribution in [0.1, 0.15) is 58.1 Å². The summed E-state index contributed by atoms with van der Waals surface area (Å²) in [6.07, 6.45) is 5.66. The van der Waals surface area contributed by atoms with Crippen LogP contribution in [0.5, 0.6) is 0 Å². The lowest BCUT2D eigenvalue weighted by Crippen LogP contribution is -2.43. The van der Waals surface area contributed by atoms with E-state index in [4.69, 9.17) is 0 Å². The fourth-order valence-electron chi connectivity index (χ4n) is 3.88. The first-order chi connectivity index (χ1) is 13.0. The monoisotopic (exact) mass is 392 g/mol. The van der Waals surface area contributed by atoms with Crippen LogP contribution in [0.15, 0.2) is 5.38 Å². The van der Waals surface area contributed by atoms with Crippen molar-refractivity contribution in [3.8, 4) is 0 Å². The van der Waals surface area contributed by atoms with E-state index in [1.165, 1.54) is 24.2 Å². The minimum absolute atomic E-state index is 0.00306. The van der Waals surface area contributed by atoms with Crippen molar-refractivity contribution < 1.29 is 9.59 Å². The number of aromatic nitrogens is 1. The molecule has 27 heavy (non-hydrogen) atoms. The number of rotatable bonds is 6. The lowest BCUT2D eigenvalue weighted by atomic mass is 9.97. The molecule has 0 saturated carbocycles. The van der Waals surface area contributed by atoms with Gasteiger partial charge < -0.3 is 10.2 Å². The zero-order valence-corrected chi connectivity index (χ0v) is 17.4. The molecular weight excluding hydrogens is 360 g/mol. The third kappa shape index (κ3) is 5.75. The van der Waals surface area contributed by atoms with Crippen molar-refractivity contribution in [2.45, 2.75) is 58.9 Å². The first-order valence-electron chi connectivity index (χ1n) is 10.3. The number of hydrogen-bond acceptors (Lipinski definition) is 5. The highest BCUT2D eigenvalue weighted by atomic mass is 32.1. The standard InChI is InChI=1S/C20H32N4O2S/c1-3-5-18(25)24-9-4-6-16(12-24)19(26)22-20-21-17(14-27-20)13-23-10-7-15(2)8-11-23/h14-16H,3-13H2,1-2H3,(H,21,22,26). The number of carbonyl (C=O) groups excluding carboxylic acids is 2. The van der Waals surface area contributed by atoms with Gasteiger partial charge in [-0.2, -0.15) is 0 Å². The summed E-state index contributed by atoms with van der Waals surface area (Å²) >= 11 is 1.50. The molecule has 0 aliphatic carbocycles. The Bertz CT molecular complexity index is 640. The molecule has 2 aliphatic heterocycles. The molecule has 2 saturated heterocycles. The summed E-state index contributed by atoms with van der Waals surface area (Å²) in [5.74, 6) is 0.861. The Labute approximate surface area is 166 Å². The van der Waals surface area contributed by atoms with E-state index in [0.29, 0.717) is 18.1 Å². The van der Waals surface area contributed by atoms with Crippen molar-refractivity contribution in [1.29, 1.82) is 0 Å². The number of carbonyl (C=O) groups is 2. The number of piperidine rings is 2. The quantitative estimate of drug-likeness (QED) is 0.806. The second kappa shape index (κ2) is 9.64. The van der Waals surface area contributed by atoms with Gasteiger partial charge in [-0.1, -0.05) is 13.8 Å². The summed E-state index contributed by atoms with van der Waals surface area (Å²) in [7, 11) is 0. The summed E-state index contributed by atoms with van der Waals surface area (Å²) in [4.78, 5) is 33.7. The lowest BCUT2D eigenvalue weighted by Gasteiger charge is -2.32. The van der Waals surface area contributed by atoms with Gasteiger partial charge in [0.15, 0.2) is 5.13 Å². The van der Waals surface area contributed by atoms with Crippen LogP contribution in [0, 0.1) is 11.8 Å². The Kier molecular flexibility index (Phi) is 7.24. The molecule has 150 valence electrons. The number of nitrogens with one attached hydrogen (secondary N) is 1. The minimum atomic E-state index is -0.129. The van der Waals surface area contributed by atoms with E-state index < -0.39 is 0 Å². The predicted molar refractivity (Wildman–Crippen MR) is 109 cm³/mol. The summed E-state index contributed by atoms with van der Waals surface area (Å²) < 4.78 is 0. The normalized spacial score (nSPS) is 22.0. The first-order valence-corrected chi connectivity index (χ1v) is 11.2. The molecule has 7 heteroatoms. The van der Waals surface area contributed by atoms with Crippen molar-refractivity contribution in [1.82, 2.24) is 14.8 Å². The third-order valence-corrected chi connectivity index (χ3v) is 6.46. The highest BCUT2D eigenvalue weighted by Crippen LogP contribution is 2.23. The molecule has 2 fully saturated rings. The van der Waals surface area contributed by atoms with Gasteiger partial charge in [0.25, 0.3) is 0 Å². The topological polar surface area (TPSA) is 65.5 Å². The predicted octanol–water partition coefficient (Wildman–Crippen LogP) is 3.35. The number of nitrogens with zero attached hydrogens (tertiary/aromatic N) is 3. The van der Waals surface area contributed by atoms with E-state index in [2.05, 4.69) is 22.1 Å². The fraction of sp³-hybridized carbons (Fsp3) is 0.750. The molecular formula is C20H32N4O2S.